The van der Waals surface area contributed by atoms with E-state index in [0.717, 1.165) is 12.0 Å². The van der Waals surface area contributed by atoms with Gasteiger partial charge in [-0.25, -0.2) is 0 Å². The average molecular weight is 321 g/mol. The van der Waals surface area contributed by atoms with Gasteiger partial charge in [-0.2, -0.15) is 0 Å². The van der Waals surface area contributed by atoms with Crippen molar-refractivity contribution in [2.75, 3.05) is 0 Å². The maximum atomic E-state index is 4.16. The molecule has 0 saturated heterocycles. The fourth-order valence-electron chi connectivity index (χ4n) is 1.60. The van der Waals surface area contributed by atoms with Gasteiger partial charge >= 0.3 is 96.5 Å². The molecule has 0 N–H and O–H groups in total. The van der Waals surface area contributed by atoms with E-state index >= 15 is 0 Å². The van der Waals surface area contributed by atoms with Crippen molar-refractivity contribution in [3.8, 4) is 0 Å². The summed E-state index contributed by atoms with van der Waals surface area (Å²) in [6, 6.07) is 10.4. The van der Waals surface area contributed by atoms with Crippen LogP contribution >= 0.6 is 0 Å². The van der Waals surface area contributed by atoms with E-state index in [1.54, 1.807) is 0 Å². The Hall–Kier alpha value is 0.0243. The van der Waals surface area contributed by atoms with Crippen LogP contribution in [0.1, 0.15) is 12.0 Å². The second-order valence-electron chi connectivity index (χ2n) is 3.34. The summed E-state index contributed by atoms with van der Waals surface area (Å²) in [6.45, 7) is 4.16. The van der Waals surface area contributed by atoms with Crippen LogP contribution < -0.4 is 37.2 Å². The molecule has 0 saturated carbocycles. The van der Waals surface area contributed by atoms with Crippen molar-refractivity contribution in [2.45, 2.75) is 6.42 Å². The average Bonchev–Trinajstić information content (AvgIpc) is 2.65. The first kappa shape index (κ1) is 19.4. The first-order valence-electron chi connectivity index (χ1n) is 4.65. The standard InChI is InChI=1S/C13H11.3ClH.Ti/c1-11(13-9-5-6-10-13)12-7-3-2-4-8-12;;;;/h2-8H,1,9H2;3*1H;/q;;;;+3/p-3. The van der Waals surface area contributed by atoms with E-state index in [9.17, 15) is 0 Å². The smallest absolute Gasteiger partial charge is 1.00 e. The molecule has 17 heavy (non-hydrogen) atoms. The van der Waals surface area contributed by atoms with Crippen LogP contribution in [0.5, 0.6) is 0 Å². The zero-order valence-corrected chi connectivity index (χ0v) is 12.9. The largest absolute Gasteiger partial charge is 1.00 e. The quantitative estimate of drug-likeness (QED) is 0.477. The predicted molar refractivity (Wildman–Crippen MR) is 56.3 cm³/mol. The molecular weight excluding hydrogens is 310 g/mol. The van der Waals surface area contributed by atoms with Gasteiger partial charge in [-0.1, -0.05) is 0 Å². The Balaban J connectivity index is 0. The fourth-order valence-corrected chi connectivity index (χ4v) is 2.18. The minimum Gasteiger partial charge on any atom is -1.00 e. The monoisotopic (exact) mass is 320 g/mol. The zero-order valence-electron chi connectivity index (χ0n) is 9.09. The van der Waals surface area contributed by atoms with E-state index in [1.807, 2.05) is 6.07 Å². The van der Waals surface area contributed by atoms with Crippen molar-refractivity contribution >= 4 is 5.57 Å². The first-order valence-corrected chi connectivity index (χ1v) is 5.43. The fraction of sp³-hybridized carbons (Fsp3) is 0.0769. The summed E-state index contributed by atoms with van der Waals surface area (Å²) < 4.78 is 1.35. The van der Waals surface area contributed by atoms with Gasteiger partial charge in [0.15, 0.2) is 0 Å². The second-order valence-corrected chi connectivity index (χ2v) is 4.18. The topological polar surface area (TPSA) is 0 Å². The third-order valence-electron chi connectivity index (χ3n) is 2.42. The molecule has 0 atom stereocenters. The van der Waals surface area contributed by atoms with Crippen LogP contribution in [0, 0.1) is 0 Å². The van der Waals surface area contributed by atoms with Crippen LogP contribution in [-0.4, -0.2) is 0 Å². The van der Waals surface area contributed by atoms with E-state index < -0.39 is 0 Å². The minimum absolute atomic E-state index is 0. The van der Waals surface area contributed by atoms with Gasteiger partial charge in [-0.15, -0.1) is 0 Å². The molecule has 0 aliphatic heterocycles. The SMILES string of the molecule is C=C(C1=[C]([Ti+3])C=CC1)c1ccccc1.[Cl-].[Cl-].[Cl-]. The van der Waals surface area contributed by atoms with Gasteiger partial charge in [0.05, 0.1) is 0 Å². The molecule has 0 spiro atoms. The molecule has 0 bridgehead atoms. The zero-order chi connectivity index (χ0) is 9.97. The number of allylic oxidation sites excluding steroid dienone is 5. The molecule has 0 aromatic heterocycles. The summed E-state index contributed by atoms with van der Waals surface area (Å²) >= 11 is 2.15. The van der Waals surface area contributed by atoms with Gasteiger partial charge in [-0.05, 0) is 0 Å². The van der Waals surface area contributed by atoms with Crippen molar-refractivity contribution < 1.29 is 57.7 Å². The molecule has 88 valence electrons. The first-order chi connectivity index (χ1) is 6.79. The predicted octanol–water partition coefficient (Wildman–Crippen LogP) is -5.53. The van der Waals surface area contributed by atoms with E-state index in [2.05, 4.69) is 63.4 Å². The summed E-state index contributed by atoms with van der Waals surface area (Å²) in [4.78, 5) is 0. The molecular formula is C13H11Cl3Ti. The summed E-state index contributed by atoms with van der Waals surface area (Å²) in [5.41, 5.74) is 3.76. The third kappa shape index (κ3) is 4.65. The van der Waals surface area contributed by atoms with Crippen LogP contribution in [0.25, 0.3) is 5.57 Å². The molecule has 0 radical (unpaired) electrons. The second kappa shape index (κ2) is 9.02. The van der Waals surface area contributed by atoms with Gasteiger partial charge in [-0.3, -0.25) is 0 Å². The van der Waals surface area contributed by atoms with Crippen LogP contribution in [0.3, 0.4) is 0 Å². The molecule has 0 unspecified atom stereocenters. The summed E-state index contributed by atoms with van der Waals surface area (Å²) in [5, 5.41) is 0. The Kier molecular flexibility index (Phi) is 10.3. The minimum atomic E-state index is 0. The Labute approximate surface area is 133 Å². The Morgan fingerprint density at radius 2 is 1.65 bits per heavy atom. The van der Waals surface area contributed by atoms with Crippen molar-refractivity contribution in [2.24, 2.45) is 0 Å². The van der Waals surface area contributed by atoms with Crippen molar-refractivity contribution in [3.63, 3.8) is 0 Å². The Bertz CT molecular complexity index is 422. The molecule has 0 heterocycles. The van der Waals surface area contributed by atoms with E-state index in [-0.39, 0.29) is 37.2 Å². The molecule has 1 aromatic rings. The summed E-state index contributed by atoms with van der Waals surface area (Å²) in [6.07, 6.45) is 5.39. The normalized spacial score (nSPS) is 12.4. The Morgan fingerprint density at radius 3 is 2.12 bits per heavy atom. The van der Waals surface area contributed by atoms with E-state index in [0.29, 0.717) is 0 Å². The molecule has 4 heteroatoms. The van der Waals surface area contributed by atoms with Crippen LogP contribution in [-0.2, 0) is 20.4 Å². The molecule has 0 nitrogen and oxygen atoms in total. The molecule has 1 aliphatic carbocycles. The summed E-state index contributed by atoms with van der Waals surface area (Å²) in [7, 11) is 0. The molecule has 2 rings (SSSR count). The van der Waals surface area contributed by atoms with E-state index in [1.165, 1.54) is 15.0 Å². The number of benzene rings is 1. The van der Waals surface area contributed by atoms with Gasteiger partial charge in [0.1, 0.15) is 0 Å². The van der Waals surface area contributed by atoms with Gasteiger partial charge < -0.3 is 37.2 Å². The van der Waals surface area contributed by atoms with Crippen molar-refractivity contribution in [1.82, 2.24) is 0 Å². The number of rotatable bonds is 2. The molecule has 1 aromatic carbocycles. The van der Waals surface area contributed by atoms with E-state index in [4.69, 9.17) is 0 Å². The van der Waals surface area contributed by atoms with Gasteiger partial charge in [0.2, 0.25) is 0 Å². The Morgan fingerprint density at radius 1 is 1.06 bits per heavy atom. The van der Waals surface area contributed by atoms with Crippen LogP contribution in [0.2, 0.25) is 0 Å². The maximum absolute atomic E-state index is 4.16. The molecule has 0 amide bonds. The van der Waals surface area contributed by atoms with Crippen LogP contribution in [0.4, 0.5) is 0 Å². The van der Waals surface area contributed by atoms with Crippen molar-refractivity contribution in [1.29, 1.82) is 0 Å². The van der Waals surface area contributed by atoms with Crippen LogP contribution in [0.15, 0.2) is 58.5 Å². The maximum Gasteiger partial charge on any atom is -1.00 e. The van der Waals surface area contributed by atoms with Gasteiger partial charge in [0.25, 0.3) is 0 Å². The summed E-state index contributed by atoms with van der Waals surface area (Å²) in [5.74, 6) is 0. The molecule has 0 fully saturated rings. The number of hydrogen-bond donors (Lipinski definition) is 0. The third-order valence-corrected chi connectivity index (χ3v) is 3.15. The number of halogens is 3. The molecule has 1 aliphatic rings. The number of hydrogen-bond acceptors (Lipinski definition) is 0. The van der Waals surface area contributed by atoms with Gasteiger partial charge in [0, 0.05) is 0 Å². The van der Waals surface area contributed by atoms with Crippen molar-refractivity contribution in [3.05, 3.63) is 64.1 Å².